The van der Waals surface area contributed by atoms with Crippen molar-refractivity contribution in [1.82, 2.24) is 14.8 Å². The summed E-state index contributed by atoms with van der Waals surface area (Å²) < 4.78 is 13.5. The summed E-state index contributed by atoms with van der Waals surface area (Å²) >= 11 is 12.1. The number of nitrogens with zero attached hydrogens (tertiary/aromatic N) is 4. The lowest BCUT2D eigenvalue weighted by atomic mass is 10.1. The van der Waals surface area contributed by atoms with E-state index in [0.29, 0.717) is 23.2 Å². The molecule has 1 fully saturated rings. The van der Waals surface area contributed by atoms with Crippen molar-refractivity contribution < 1.29 is 19.8 Å². The molecule has 0 bridgehead atoms. The van der Waals surface area contributed by atoms with Gasteiger partial charge >= 0.3 is 0 Å². The van der Waals surface area contributed by atoms with Crippen molar-refractivity contribution in [2.45, 2.75) is 25.4 Å². The second-order valence-corrected chi connectivity index (χ2v) is 5.82. The third-order valence-corrected chi connectivity index (χ3v) is 3.76. The van der Waals surface area contributed by atoms with Crippen molar-refractivity contribution in [1.29, 1.82) is 0 Å². The molecular formula is C13H14Cl2N4O5. The number of halogens is 2. The molecule has 0 aliphatic carbocycles. The van der Waals surface area contributed by atoms with Crippen LogP contribution in [0, 0.1) is 10.1 Å². The zero-order valence-corrected chi connectivity index (χ0v) is 14.0. The number of aromatic nitrogens is 3. The van der Waals surface area contributed by atoms with Crippen LogP contribution >= 0.6 is 23.2 Å². The normalized spacial score (nSPS) is 22.7. The second-order valence-electron chi connectivity index (χ2n) is 4.98. The van der Waals surface area contributed by atoms with Crippen molar-refractivity contribution in [3.05, 3.63) is 56.6 Å². The first-order valence-corrected chi connectivity index (χ1v) is 7.49. The quantitative estimate of drug-likeness (QED) is 0.646. The van der Waals surface area contributed by atoms with Crippen LogP contribution in [0.25, 0.3) is 0 Å². The Morgan fingerprint density at radius 2 is 2.25 bits per heavy atom. The molecule has 0 saturated carbocycles. The van der Waals surface area contributed by atoms with Crippen molar-refractivity contribution in [2.24, 2.45) is 0 Å². The molecule has 9 nitrogen and oxygen atoms in total. The average Bonchev–Trinajstić information content (AvgIpc) is 3.09. The number of benzene rings is 1. The van der Waals surface area contributed by atoms with Gasteiger partial charge in [-0.05, 0) is 19.1 Å². The summed E-state index contributed by atoms with van der Waals surface area (Å²) in [5.74, 6) is -0.868. The van der Waals surface area contributed by atoms with Crippen molar-refractivity contribution >= 4 is 23.2 Å². The Kier molecular flexibility index (Phi) is 5.94. The predicted molar refractivity (Wildman–Crippen MR) is 83.4 cm³/mol. The maximum atomic E-state index is 8.36. The fourth-order valence-electron chi connectivity index (χ4n) is 2.26. The van der Waals surface area contributed by atoms with Gasteiger partial charge in [0.1, 0.15) is 18.8 Å². The van der Waals surface area contributed by atoms with Crippen LogP contribution in [0.5, 0.6) is 0 Å². The highest BCUT2D eigenvalue weighted by Gasteiger charge is 2.40. The largest absolute Gasteiger partial charge is 0.343 e. The first kappa shape index (κ1) is 18.4. The first-order chi connectivity index (χ1) is 11.3. The molecule has 24 heavy (non-hydrogen) atoms. The maximum absolute atomic E-state index is 8.36. The topological polar surface area (TPSA) is 113 Å². The van der Waals surface area contributed by atoms with Gasteiger partial charge in [-0.2, -0.15) is 5.10 Å². The molecule has 11 heteroatoms. The molecule has 3 rings (SSSR count). The van der Waals surface area contributed by atoms with Crippen LogP contribution in [0.4, 0.5) is 0 Å². The molecule has 2 heterocycles. The van der Waals surface area contributed by atoms with Gasteiger partial charge in [0, 0.05) is 10.6 Å². The van der Waals surface area contributed by atoms with E-state index in [4.69, 9.17) is 48.0 Å². The standard InChI is InChI=1S/C13H13Cl2N3O2.HNO3/c1-13(11-3-2-9(14)4-12(11)15)19-6-10(20-13)5-18-8-16-7-17-18;2-1(3)4/h2-4,7-8,10H,5-6H2,1H3;(H,2,3,4). The first-order valence-electron chi connectivity index (χ1n) is 6.73. The van der Waals surface area contributed by atoms with Crippen molar-refractivity contribution in [3.63, 3.8) is 0 Å². The maximum Gasteiger partial charge on any atom is 0.291 e. The van der Waals surface area contributed by atoms with Crippen LogP contribution < -0.4 is 0 Å². The fraction of sp³-hybridized carbons (Fsp3) is 0.385. The van der Waals surface area contributed by atoms with E-state index < -0.39 is 10.9 Å². The Labute approximate surface area is 146 Å². The minimum absolute atomic E-state index is 0.103. The summed E-state index contributed by atoms with van der Waals surface area (Å²) in [5, 5.41) is 18.8. The van der Waals surface area contributed by atoms with E-state index in [1.165, 1.54) is 6.33 Å². The van der Waals surface area contributed by atoms with E-state index in [9.17, 15) is 0 Å². The van der Waals surface area contributed by atoms with Gasteiger partial charge in [0.05, 0.1) is 18.2 Å². The number of hydrogen-bond donors (Lipinski definition) is 1. The lowest BCUT2D eigenvalue weighted by Gasteiger charge is -2.25. The van der Waals surface area contributed by atoms with Crippen LogP contribution in [0.2, 0.25) is 10.0 Å². The Bertz CT molecular complexity index is 696. The molecule has 0 radical (unpaired) electrons. The summed E-state index contributed by atoms with van der Waals surface area (Å²) in [4.78, 5) is 12.3. The van der Waals surface area contributed by atoms with Crippen molar-refractivity contribution in [3.8, 4) is 0 Å². The molecule has 2 unspecified atom stereocenters. The highest BCUT2D eigenvalue weighted by Crippen LogP contribution is 2.38. The minimum Gasteiger partial charge on any atom is -0.343 e. The van der Waals surface area contributed by atoms with E-state index in [1.807, 2.05) is 13.0 Å². The molecule has 1 saturated heterocycles. The Balaban J connectivity index is 0.000000471. The van der Waals surface area contributed by atoms with Crippen LogP contribution in [0.15, 0.2) is 30.9 Å². The summed E-state index contributed by atoms with van der Waals surface area (Å²) in [6.45, 7) is 2.90. The third-order valence-electron chi connectivity index (χ3n) is 3.21. The van der Waals surface area contributed by atoms with Crippen molar-refractivity contribution in [2.75, 3.05) is 6.61 Å². The minimum atomic E-state index is -1.50. The van der Waals surface area contributed by atoms with E-state index in [0.717, 1.165) is 5.56 Å². The summed E-state index contributed by atoms with van der Waals surface area (Å²) in [7, 11) is 0. The van der Waals surface area contributed by atoms with Crippen LogP contribution in [0.3, 0.4) is 0 Å². The van der Waals surface area contributed by atoms with E-state index >= 15 is 0 Å². The van der Waals surface area contributed by atoms with E-state index in [2.05, 4.69) is 10.1 Å². The molecule has 130 valence electrons. The molecule has 2 aromatic rings. The number of hydrogen-bond acceptors (Lipinski definition) is 6. The fourth-order valence-corrected chi connectivity index (χ4v) is 2.84. The average molecular weight is 377 g/mol. The molecular weight excluding hydrogens is 363 g/mol. The van der Waals surface area contributed by atoms with Gasteiger partial charge < -0.3 is 14.7 Å². The SMILES string of the molecule is CC1(c2ccc(Cl)cc2Cl)OCC(Cn2cncn2)O1.O=[N+]([O-])O. The Hall–Kier alpha value is -1.94. The van der Waals surface area contributed by atoms with Gasteiger partial charge in [0.2, 0.25) is 0 Å². The lowest BCUT2D eigenvalue weighted by Crippen LogP contribution is -2.26. The second kappa shape index (κ2) is 7.75. The van der Waals surface area contributed by atoms with Crippen LogP contribution in [-0.2, 0) is 21.8 Å². The Morgan fingerprint density at radius 3 is 2.83 bits per heavy atom. The van der Waals surface area contributed by atoms with Crippen LogP contribution in [0.1, 0.15) is 12.5 Å². The highest BCUT2D eigenvalue weighted by molar-refractivity contribution is 6.35. The van der Waals surface area contributed by atoms with E-state index in [-0.39, 0.29) is 6.10 Å². The smallest absolute Gasteiger partial charge is 0.291 e. The van der Waals surface area contributed by atoms with Gasteiger partial charge in [-0.1, -0.05) is 29.3 Å². The van der Waals surface area contributed by atoms with Gasteiger partial charge in [-0.25, -0.2) is 4.98 Å². The molecule has 0 spiro atoms. The zero-order valence-electron chi connectivity index (χ0n) is 12.5. The molecule has 1 aliphatic rings. The highest BCUT2D eigenvalue weighted by atomic mass is 35.5. The summed E-state index contributed by atoms with van der Waals surface area (Å²) in [6.07, 6.45) is 3.03. The van der Waals surface area contributed by atoms with Gasteiger partial charge in [-0.3, -0.25) is 4.68 Å². The zero-order chi connectivity index (χ0) is 17.7. The van der Waals surface area contributed by atoms with E-state index in [1.54, 1.807) is 23.1 Å². The van der Waals surface area contributed by atoms with Gasteiger partial charge in [-0.15, -0.1) is 10.1 Å². The molecule has 2 atom stereocenters. The molecule has 1 aromatic heterocycles. The van der Waals surface area contributed by atoms with Crippen LogP contribution in [-0.4, -0.2) is 37.8 Å². The summed E-state index contributed by atoms with van der Waals surface area (Å²) in [5.41, 5.74) is 0.768. The van der Waals surface area contributed by atoms with Gasteiger partial charge in [0.25, 0.3) is 5.09 Å². The molecule has 0 amide bonds. The molecule has 1 aromatic carbocycles. The van der Waals surface area contributed by atoms with Gasteiger partial charge in [0.15, 0.2) is 5.79 Å². The number of ether oxygens (including phenoxy) is 2. The predicted octanol–water partition coefficient (Wildman–Crippen LogP) is 2.53. The molecule has 1 N–H and O–H groups in total. The lowest BCUT2D eigenvalue weighted by molar-refractivity contribution is -0.742. The Morgan fingerprint density at radius 1 is 1.54 bits per heavy atom. The number of rotatable bonds is 3. The monoisotopic (exact) mass is 376 g/mol. The molecule has 1 aliphatic heterocycles. The third kappa shape index (κ3) is 4.78. The summed E-state index contributed by atoms with van der Waals surface area (Å²) in [6, 6.07) is 5.27.